The number of hydrogen-bond donors (Lipinski definition) is 9. The van der Waals surface area contributed by atoms with Crippen LogP contribution in [0.15, 0.2) is 36.5 Å². The Balaban J connectivity index is 1.68. The molecule has 0 radical (unpaired) electrons. The number of rotatable bonds is 56. The summed E-state index contributed by atoms with van der Waals surface area (Å²) in [6.07, 6.45) is 50.6. The maximum atomic E-state index is 13.3. The van der Waals surface area contributed by atoms with E-state index in [1.54, 1.807) is 6.08 Å². The van der Waals surface area contributed by atoms with Crippen LogP contribution in [0.5, 0.6) is 0 Å². The lowest BCUT2D eigenvalue weighted by Crippen LogP contribution is -2.65. The summed E-state index contributed by atoms with van der Waals surface area (Å²) in [6.45, 7) is 2.82. The van der Waals surface area contributed by atoms with E-state index in [0.717, 1.165) is 32.1 Å². The molecule has 2 aliphatic rings. The van der Waals surface area contributed by atoms with Crippen LogP contribution in [-0.4, -0.2) is 140 Å². The minimum absolute atomic E-state index is 0.244. The third kappa shape index (κ3) is 37.7. The monoisotopic (exact) mass is 1170 g/mol. The van der Waals surface area contributed by atoms with Crippen molar-refractivity contribution < 1.29 is 64.6 Å². The molecular weight excluding hydrogens is 1040 g/mol. The number of aliphatic hydroxyl groups is 8. The zero-order chi connectivity index (χ0) is 59.5. The van der Waals surface area contributed by atoms with E-state index in [4.69, 9.17) is 18.9 Å². The second kappa shape index (κ2) is 53.4. The lowest BCUT2D eigenvalue weighted by Gasteiger charge is -2.46. The molecule has 9 N–H and O–H groups in total. The number of unbranched alkanes of at least 4 members (excludes halogenated alkanes) is 39. The Hall–Kier alpha value is -1.79. The van der Waals surface area contributed by atoms with Gasteiger partial charge in [-0.15, -0.1) is 0 Å². The molecule has 14 nitrogen and oxygen atoms in total. The van der Waals surface area contributed by atoms with Crippen molar-refractivity contribution in [1.29, 1.82) is 0 Å². The zero-order valence-electron chi connectivity index (χ0n) is 52.2. The average molecular weight is 1170 g/mol. The highest BCUT2D eigenvalue weighted by Gasteiger charge is 2.51. The molecule has 14 heteroatoms. The predicted octanol–water partition coefficient (Wildman–Crippen LogP) is 13.3. The summed E-state index contributed by atoms with van der Waals surface area (Å²) in [6, 6.07) is -0.930. The molecule has 0 aromatic heterocycles. The fourth-order valence-corrected chi connectivity index (χ4v) is 11.3. The van der Waals surface area contributed by atoms with Gasteiger partial charge in [0.1, 0.15) is 48.8 Å². The van der Waals surface area contributed by atoms with Gasteiger partial charge in [0.2, 0.25) is 5.91 Å². The lowest BCUT2D eigenvalue weighted by atomic mass is 9.97. The molecule has 2 saturated heterocycles. The van der Waals surface area contributed by atoms with Crippen LogP contribution in [0.1, 0.15) is 296 Å². The largest absolute Gasteiger partial charge is 0.394 e. The third-order valence-electron chi connectivity index (χ3n) is 16.8. The van der Waals surface area contributed by atoms with Gasteiger partial charge in [0.15, 0.2) is 12.6 Å². The molecular formula is C68H127NO13. The van der Waals surface area contributed by atoms with E-state index >= 15 is 0 Å². The quantitative estimate of drug-likeness (QED) is 0.0204. The predicted molar refractivity (Wildman–Crippen MR) is 332 cm³/mol. The van der Waals surface area contributed by atoms with Crippen molar-refractivity contribution in [3.8, 4) is 0 Å². The average Bonchev–Trinajstić information content (AvgIpc) is 3.65. The van der Waals surface area contributed by atoms with Crippen molar-refractivity contribution in [2.75, 3.05) is 19.8 Å². The molecule has 482 valence electrons. The number of amides is 1. The number of carbonyl (C=O) groups excluding carboxylic acids is 1. The fourth-order valence-electron chi connectivity index (χ4n) is 11.3. The number of aliphatic hydroxyl groups excluding tert-OH is 8. The molecule has 1 amide bonds. The van der Waals surface area contributed by atoms with E-state index in [-0.39, 0.29) is 18.9 Å². The molecule has 0 aromatic carbocycles. The standard InChI is InChI=1S/C68H127NO13/c1-3-5-7-9-11-13-15-17-19-21-23-24-25-26-27-28-29-30-31-32-34-36-38-40-42-44-46-48-50-52-60(73)69-56(57(72)51-49-47-45-43-41-39-37-35-33-22-20-18-16-14-12-10-8-6-4-2)55-79-67-65(78)63(76)66(59(54-71)81-67)82-68-64(77)62(75)61(74)58(53-70)80-68/h21,23,41,43,49,51,56-59,61-68,70-72,74-78H,3-20,22,24-40,42,44-48,50,52-55H2,1-2H3,(H,69,73)/b23-21-,43-41+,51-49+. The van der Waals surface area contributed by atoms with Gasteiger partial charge >= 0.3 is 0 Å². The molecule has 0 aliphatic carbocycles. The van der Waals surface area contributed by atoms with Crippen LogP contribution < -0.4 is 5.32 Å². The van der Waals surface area contributed by atoms with Crippen LogP contribution in [0.3, 0.4) is 0 Å². The molecule has 2 rings (SSSR count). The van der Waals surface area contributed by atoms with E-state index in [9.17, 15) is 45.6 Å². The van der Waals surface area contributed by atoms with Crippen LogP contribution >= 0.6 is 0 Å². The van der Waals surface area contributed by atoms with Crippen LogP contribution in [0.25, 0.3) is 0 Å². The van der Waals surface area contributed by atoms with Crippen molar-refractivity contribution in [3.63, 3.8) is 0 Å². The molecule has 2 aliphatic heterocycles. The Morgan fingerprint density at radius 2 is 0.780 bits per heavy atom. The first-order chi connectivity index (χ1) is 40.1. The van der Waals surface area contributed by atoms with Gasteiger partial charge in [-0.1, -0.05) is 269 Å². The van der Waals surface area contributed by atoms with Crippen molar-refractivity contribution in [2.24, 2.45) is 0 Å². The third-order valence-corrected chi connectivity index (χ3v) is 16.8. The summed E-state index contributed by atoms with van der Waals surface area (Å²) in [5.41, 5.74) is 0. The molecule has 12 unspecified atom stereocenters. The van der Waals surface area contributed by atoms with Gasteiger partial charge in [-0.3, -0.25) is 4.79 Å². The van der Waals surface area contributed by atoms with Crippen molar-refractivity contribution in [2.45, 2.75) is 370 Å². The summed E-state index contributed by atoms with van der Waals surface area (Å²) in [5, 5.41) is 87.3. The van der Waals surface area contributed by atoms with E-state index in [1.165, 1.54) is 231 Å². The number of allylic oxidation sites excluding steroid dienone is 5. The summed E-state index contributed by atoms with van der Waals surface area (Å²) in [4.78, 5) is 13.3. The highest BCUT2D eigenvalue weighted by Crippen LogP contribution is 2.30. The van der Waals surface area contributed by atoms with Gasteiger partial charge < -0.3 is 65.1 Å². The lowest BCUT2D eigenvalue weighted by molar-refractivity contribution is -0.359. The number of carbonyl (C=O) groups is 1. The highest BCUT2D eigenvalue weighted by molar-refractivity contribution is 5.76. The Morgan fingerprint density at radius 3 is 1.20 bits per heavy atom. The molecule has 2 heterocycles. The zero-order valence-corrected chi connectivity index (χ0v) is 52.2. The minimum atomic E-state index is -1.79. The number of ether oxygens (including phenoxy) is 4. The van der Waals surface area contributed by atoms with Crippen LogP contribution in [0.2, 0.25) is 0 Å². The van der Waals surface area contributed by atoms with Gasteiger partial charge in [0.05, 0.1) is 32.0 Å². The second-order valence-electron chi connectivity index (χ2n) is 24.3. The Morgan fingerprint density at radius 1 is 0.427 bits per heavy atom. The van der Waals surface area contributed by atoms with Crippen molar-refractivity contribution in [1.82, 2.24) is 5.32 Å². The van der Waals surface area contributed by atoms with Crippen LogP contribution in [-0.2, 0) is 23.7 Å². The molecule has 0 bridgehead atoms. The van der Waals surface area contributed by atoms with Crippen LogP contribution in [0, 0.1) is 0 Å². The van der Waals surface area contributed by atoms with E-state index < -0.39 is 86.8 Å². The topological polar surface area (TPSA) is 228 Å². The Labute approximate surface area is 500 Å². The summed E-state index contributed by atoms with van der Waals surface area (Å²) in [7, 11) is 0. The molecule has 12 atom stereocenters. The molecule has 0 spiro atoms. The smallest absolute Gasteiger partial charge is 0.220 e. The number of hydrogen-bond acceptors (Lipinski definition) is 13. The minimum Gasteiger partial charge on any atom is -0.394 e. The highest BCUT2D eigenvalue weighted by atomic mass is 16.7. The first-order valence-corrected chi connectivity index (χ1v) is 34.2. The second-order valence-corrected chi connectivity index (χ2v) is 24.3. The van der Waals surface area contributed by atoms with E-state index in [1.807, 2.05) is 6.08 Å². The molecule has 2 fully saturated rings. The van der Waals surface area contributed by atoms with Gasteiger partial charge in [-0.05, 0) is 57.8 Å². The van der Waals surface area contributed by atoms with Crippen LogP contribution in [0.4, 0.5) is 0 Å². The maximum Gasteiger partial charge on any atom is 0.220 e. The van der Waals surface area contributed by atoms with Gasteiger partial charge in [0.25, 0.3) is 0 Å². The van der Waals surface area contributed by atoms with E-state index in [2.05, 4.69) is 43.5 Å². The van der Waals surface area contributed by atoms with Gasteiger partial charge in [0, 0.05) is 6.42 Å². The number of nitrogens with one attached hydrogen (secondary N) is 1. The normalized spacial score (nSPS) is 24.1. The first-order valence-electron chi connectivity index (χ1n) is 34.2. The van der Waals surface area contributed by atoms with Gasteiger partial charge in [-0.25, -0.2) is 0 Å². The summed E-state index contributed by atoms with van der Waals surface area (Å²) < 4.78 is 22.8. The molecule has 82 heavy (non-hydrogen) atoms. The first kappa shape index (κ1) is 76.3. The summed E-state index contributed by atoms with van der Waals surface area (Å²) >= 11 is 0. The Kier molecular flexibility index (Phi) is 49.7. The molecule has 0 saturated carbocycles. The summed E-state index contributed by atoms with van der Waals surface area (Å²) in [5.74, 6) is -0.244. The maximum absolute atomic E-state index is 13.3. The Bertz CT molecular complexity index is 1510. The van der Waals surface area contributed by atoms with E-state index in [0.29, 0.717) is 12.8 Å². The van der Waals surface area contributed by atoms with Gasteiger partial charge in [-0.2, -0.15) is 0 Å². The fraction of sp³-hybridized carbons (Fsp3) is 0.897. The molecule has 0 aromatic rings. The van der Waals surface area contributed by atoms with Crippen molar-refractivity contribution in [3.05, 3.63) is 36.5 Å². The SMILES string of the molecule is CCCCCCCCCC/C=C\CCCCCCCCCCCCCCCCCCCC(=O)NC(COC1OC(CO)C(OC2OC(CO)C(O)C(O)C2O)C(O)C1O)C(O)/C=C/CC/C=C/CCCCCCCCCCCCCCC. The van der Waals surface area contributed by atoms with Crippen molar-refractivity contribution >= 4 is 5.91 Å².